The van der Waals surface area contributed by atoms with Gasteiger partial charge >= 0.3 is 5.69 Å². The Kier molecular flexibility index (Phi) is 7.72. The Morgan fingerprint density at radius 1 is 1.22 bits per heavy atom. The molecule has 0 aliphatic rings. The van der Waals surface area contributed by atoms with Gasteiger partial charge in [0.05, 0.1) is 5.75 Å². The largest absolute Gasteiger partial charge is 0.383 e. The van der Waals surface area contributed by atoms with Gasteiger partial charge in [-0.1, -0.05) is 43.7 Å². The number of aromatic nitrogens is 2. The van der Waals surface area contributed by atoms with Gasteiger partial charge in [-0.25, -0.2) is 4.79 Å². The number of nitrogens with one attached hydrogen (secondary N) is 1. The number of unbranched alkanes of at least 4 members (excludes halogenated alkanes) is 1. The second-order valence-corrected chi connectivity index (χ2v) is 7.10. The minimum Gasteiger partial charge on any atom is -0.383 e. The Bertz CT molecular complexity index is 877. The van der Waals surface area contributed by atoms with Gasteiger partial charge in [-0.2, -0.15) is 0 Å². The lowest BCUT2D eigenvalue weighted by Crippen LogP contribution is -2.41. The molecule has 1 amide bonds. The van der Waals surface area contributed by atoms with Gasteiger partial charge in [0.1, 0.15) is 5.82 Å². The van der Waals surface area contributed by atoms with E-state index in [4.69, 9.17) is 5.73 Å². The first-order chi connectivity index (χ1) is 13.0. The summed E-state index contributed by atoms with van der Waals surface area (Å²) in [5, 5.41) is 0. The smallest absolute Gasteiger partial charge is 0.330 e. The van der Waals surface area contributed by atoms with Crippen LogP contribution in [0.5, 0.6) is 0 Å². The zero-order valence-electron chi connectivity index (χ0n) is 15.7. The van der Waals surface area contributed by atoms with Gasteiger partial charge in [-0.05, 0) is 18.9 Å². The van der Waals surface area contributed by atoms with Crippen LogP contribution in [0.15, 0.2) is 39.9 Å². The van der Waals surface area contributed by atoms with Crippen molar-refractivity contribution in [2.24, 2.45) is 0 Å². The van der Waals surface area contributed by atoms with Crippen molar-refractivity contribution >= 4 is 29.2 Å². The normalized spacial score (nSPS) is 10.7. The van der Waals surface area contributed by atoms with E-state index in [0.717, 1.165) is 18.4 Å². The fourth-order valence-electron chi connectivity index (χ4n) is 2.74. The first kappa shape index (κ1) is 20.8. The lowest BCUT2D eigenvalue weighted by molar-refractivity contribution is -0.116. The molecule has 0 saturated carbocycles. The van der Waals surface area contributed by atoms with Crippen LogP contribution >= 0.6 is 11.8 Å². The summed E-state index contributed by atoms with van der Waals surface area (Å²) in [4.78, 5) is 40.7. The van der Waals surface area contributed by atoms with E-state index in [1.54, 1.807) is 6.92 Å². The van der Waals surface area contributed by atoms with Crippen molar-refractivity contribution in [1.82, 2.24) is 9.55 Å². The van der Waals surface area contributed by atoms with Gasteiger partial charge in [-0.3, -0.25) is 19.1 Å². The number of nitrogens with zero attached hydrogens (tertiary/aromatic N) is 2. The monoisotopic (exact) mass is 390 g/mol. The van der Waals surface area contributed by atoms with E-state index in [2.05, 4.69) is 4.98 Å². The van der Waals surface area contributed by atoms with Crippen molar-refractivity contribution in [3.8, 4) is 0 Å². The molecule has 0 saturated heterocycles. The van der Waals surface area contributed by atoms with Crippen molar-refractivity contribution in [2.45, 2.75) is 39.0 Å². The highest BCUT2D eigenvalue weighted by molar-refractivity contribution is 7.99. The number of H-pyrrole nitrogens is 1. The van der Waals surface area contributed by atoms with Crippen LogP contribution < -0.4 is 21.9 Å². The molecule has 0 bridgehead atoms. The molecule has 0 radical (unpaired) electrons. The van der Waals surface area contributed by atoms with Crippen LogP contribution in [0.25, 0.3) is 0 Å². The minimum atomic E-state index is -0.631. The van der Waals surface area contributed by atoms with E-state index in [-0.39, 0.29) is 23.2 Å². The third-order valence-electron chi connectivity index (χ3n) is 4.17. The lowest BCUT2D eigenvalue weighted by Gasteiger charge is -2.23. The van der Waals surface area contributed by atoms with Crippen LogP contribution in [0.1, 0.15) is 32.3 Å². The quantitative estimate of drug-likeness (QED) is 0.684. The summed E-state index contributed by atoms with van der Waals surface area (Å²) >= 11 is 1.47. The van der Waals surface area contributed by atoms with E-state index in [1.165, 1.54) is 21.2 Å². The number of carbonyl (C=O) groups excluding carboxylic acids is 1. The summed E-state index contributed by atoms with van der Waals surface area (Å²) < 4.78 is 1.33. The maximum Gasteiger partial charge on any atom is 0.330 e. The topological polar surface area (TPSA) is 101 Å². The van der Waals surface area contributed by atoms with Crippen LogP contribution in [0.4, 0.5) is 11.5 Å². The maximum absolute atomic E-state index is 12.7. The number of benzene rings is 1. The number of amides is 1. The molecule has 0 fully saturated rings. The Labute approximate surface area is 162 Å². The summed E-state index contributed by atoms with van der Waals surface area (Å²) in [7, 11) is 0. The highest BCUT2D eigenvalue weighted by Gasteiger charge is 2.22. The minimum absolute atomic E-state index is 0.0421. The van der Waals surface area contributed by atoms with Gasteiger partial charge in [0, 0.05) is 18.8 Å². The molecule has 0 atom stereocenters. The van der Waals surface area contributed by atoms with E-state index in [1.807, 2.05) is 37.3 Å². The number of nitrogen functional groups attached to an aromatic ring is 1. The summed E-state index contributed by atoms with van der Waals surface area (Å²) in [6.07, 6.45) is 1.63. The van der Waals surface area contributed by atoms with Crippen LogP contribution in [-0.2, 0) is 17.1 Å². The molecule has 3 N–H and O–H groups in total. The van der Waals surface area contributed by atoms with Gasteiger partial charge < -0.3 is 10.6 Å². The Morgan fingerprint density at radius 2 is 1.93 bits per heavy atom. The predicted octanol–water partition coefficient (Wildman–Crippen LogP) is 2.21. The molecule has 146 valence electrons. The molecule has 1 aromatic heterocycles. The lowest BCUT2D eigenvalue weighted by atomic mass is 10.2. The third kappa shape index (κ3) is 5.26. The fraction of sp³-hybridized carbons (Fsp3) is 0.421. The average Bonchev–Trinajstić information content (AvgIpc) is 2.65. The van der Waals surface area contributed by atoms with Crippen molar-refractivity contribution < 1.29 is 4.79 Å². The van der Waals surface area contributed by atoms with Gasteiger partial charge in [-0.15, -0.1) is 11.8 Å². The highest BCUT2D eigenvalue weighted by Crippen LogP contribution is 2.19. The molecule has 0 unspecified atom stereocenters. The number of rotatable bonds is 9. The number of carbonyl (C=O) groups is 1. The van der Waals surface area contributed by atoms with Gasteiger partial charge in [0.2, 0.25) is 5.91 Å². The molecule has 2 rings (SSSR count). The standard InChI is InChI=1S/C19H26N4O3S/c1-3-5-11-23-17(20)16(18(25)21-19(23)26)22(4-2)15(24)13-27-12-14-9-7-6-8-10-14/h6-10H,3-5,11-13,20H2,1-2H3,(H,21,25,26). The van der Waals surface area contributed by atoms with E-state index in [0.29, 0.717) is 18.8 Å². The summed E-state index contributed by atoms with van der Waals surface area (Å²) in [5.41, 5.74) is 6.11. The Hall–Kier alpha value is -2.48. The first-order valence-corrected chi connectivity index (χ1v) is 10.2. The van der Waals surface area contributed by atoms with Crippen molar-refractivity contribution in [1.29, 1.82) is 0 Å². The summed E-state index contributed by atoms with van der Waals surface area (Å²) in [5.74, 6) is 0.749. The van der Waals surface area contributed by atoms with Crippen molar-refractivity contribution in [2.75, 3.05) is 22.9 Å². The first-order valence-electron chi connectivity index (χ1n) is 9.04. The fourth-order valence-corrected chi connectivity index (χ4v) is 3.60. The Balaban J connectivity index is 2.19. The molecule has 0 aliphatic heterocycles. The summed E-state index contributed by atoms with van der Waals surface area (Å²) in [6.45, 7) is 4.48. The third-order valence-corrected chi connectivity index (χ3v) is 5.16. The van der Waals surface area contributed by atoms with Crippen LogP contribution in [0.2, 0.25) is 0 Å². The molecular weight excluding hydrogens is 364 g/mol. The van der Waals surface area contributed by atoms with Gasteiger partial charge in [0.25, 0.3) is 5.56 Å². The predicted molar refractivity (Wildman–Crippen MR) is 111 cm³/mol. The van der Waals surface area contributed by atoms with E-state index >= 15 is 0 Å². The number of anilines is 2. The summed E-state index contributed by atoms with van der Waals surface area (Å²) in [6, 6.07) is 9.86. The van der Waals surface area contributed by atoms with Crippen molar-refractivity contribution in [3.05, 3.63) is 56.7 Å². The zero-order chi connectivity index (χ0) is 19.8. The second-order valence-electron chi connectivity index (χ2n) is 6.11. The van der Waals surface area contributed by atoms with Gasteiger partial charge in [0.15, 0.2) is 5.69 Å². The average molecular weight is 391 g/mol. The SMILES string of the molecule is CCCCn1c(N)c(N(CC)C(=O)CSCc2ccccc2)c(=O)[nH]c1=O. The molecular formula is C19H26N4O3S. The molecule has 27 heavy (non-hydrogen) atoms. The number of hydrogen-bond acceptors (Lipinski definition) is 5. The van der Waals surface area contributed by atoms with E-state index < -0.39 is 11.2 Å². The molecule has 1 aromatic carbocycles. The number of hydrogen-bond donors (Lipinski definition) is 2. The highest BCUT2D eigenvalue weighted by atomic mass is 32.2. The molecule has 0 aliphatic carbocycles. The molecule has 0 spiro atoms. The second kappa shape index (κ2) is 10.0. The Morgan fingerprint density at radius 3 is 2.56 bits per heavy atom. The molecule has 8 heteroatoms. The number of aromatic amines is 1. The maximum atomic E-state index is 12.7. The van der Waals surface area contributed by atoms with Crippen LogP contribution in [0.3, 0.4) is 0 Å². The van der Waals surface area contributed by atoms with Crippen LogP contribution in [-0.4, -0.2) is 27.8 Å². The molecule has 2 aromatic rings. The van der Waals surface area contributed by atoms with Crippen LogP contribution in [0, 0.1) is 0 Å². The number of thioether (sulfide) groups is 1. The molecule has 1 heterocycles. The number of nitrogens with two attached hydrogens (primary N) is 1. The van der Waals surface area contributed by atoms with Crippen molar-refractivity contribution in [3.63, 3.8) is 0 Å². The van der Waals surface area contributed by atoms with E-state index in [9.17, 15) is 14.4 Å². The zero-order valence-corrected chi connectivity index (χ0v) is 16.6. The molecule has 7 nitrogen and oxygen atoms in total.